The van der Waals surface area contributed by atoms with Gasteiger partial charge in [-0.05, 0) is 17.7 Å². The van der Waals surface area contributed by atoms with Crippen molar-refractivity contribution < 1.29 is 14.3 Å². The zero-order valence-electron chi connectivity index (χ0n) is 12.9. The van der Waals surface area contributed by atoms with Gasteiger partial charge in [0.1, 0.15) is 10.6 Å². The van der Waals surface area contributed by atoms with E-state index in [0.717, 1.165) is 15.8 Å². The molecule has 122 valence electrons. The minimum Gasteiger partial charge on any atom is -0.497 e. The fraction of sp³-hybridized carbons (Fsp3) is 0.375. The highest BCUT2D eigenvalue weighted by Gasteiger charge is 2.20. The summed E-state index contributed by atoms with van der Waals surface area (Å²) in [6.07, 6.45) is 1.68. The van der Waals surface area contributed by atoms with Gasteiger partial charge in [-0.25, -0.2) is 4.98 Å². The summed E-state index contributed by atoms with van der Waals surface area (Å²) in [5.74, 6) is 1.73. The fourth-order valence-corrected chi connectivity index (χ4v) is 4.12. The Bertz CT molecular complexity index is 652. The summed E-state index contributed by atoms with van der Waals surface area (Å²) in [7, 11) is 1.66. The molecule has 1 amide bonds. The summed E-state index contributed by atoms with van der Waals surface area (Å²) in [5.41, 5.74) is 1.20. The van der Waals surface area contributed by atoms with E-state index in [2.05, 4.69) is 4.98 Å². The number of aromatic nitrogens is 1. The Morgan fingerprint density at radius 1 is 1.35 bits per heavy atom. The molecule has 0 bridgehead atoms. The van der Waals surface area contributed by atoms with E-state index in [1.807, 2.05) is 29.2 Å². The molecule has 7 heteroatoms. The number of amides is 1. The molecular formula is C16H18N2O3S2. The van der Waals surface area contributed by atoms with Gasteiger partial charge in [0.15, 0.2) is 4.34 Å². The second-order valence-electron chi connectivity index (χ2n) is 5.03. The van der Waals surface area contributed by atoms with E-state index in [1.54, 1.807) is 25.1 Å². The van der Waals surface area contributed by atoms with Gasteiger partial charge in [0.2, 0.25) is 0 Å². The second-order valence-corrected chi connectivity index (χ2v) is 7.28. The van der Waals surface area contributed by atoms with Gasteiger partial charge >= 0.3 is 0 Å². The number of rotatable bonds is 5. The largest absolute Gasteiger partial charge is 0.497 e. The maximum absolute atomic E-state index is 12.4. The second kappa shape index (κ2) is 7.81. The molecule has 23 heavy (non-hydrogen) atoms. The van der Waals surface area contributed by atoms with Crippen molar-refractivity contribution in [2.24, 2.45) is 0 Å². The molecule has 5 nitrogen and oxygen atoms in total. The highest BCUT2D eigenvalue weighted by molar-refractivity contribution is 8.00. The molecule has 1 aromatic heterocycles. The van der Waals surface area contributed by atoms with Gasteiger partial charge in [0.05, 0.1) is 26.5 Å². The number of ether oxygens (including phenoxy) is 2. The zero-order chi connectivity index (χ0) is 16.1. The van der Waals surface area contributed by atoms with Gasteiger partial charge in [-0.3, -0.25) is 4.79 Å². The molecule has 1 aliphatic rings. The molecule has 0 saturated carbocycles. The lowest BCUT2D eigenvalue weighted by molar-refractivity contribution is 0.0306. The van der Waals surface area contributed by atoms with Crippen molar-refractivity contribution in [2.45, 2.75) is 10.1 Å². The van der Waals surface area contributed by atoms with Crippen molar-refractivity contribution in [3.05, 3.63) is 40.9 Å². The average Bonchev–Trinajstić information content (AvgIpc) is 3.09. The third kappa shape index (κ3) is 4.25. The number of benzene rings is 1. The molecule has 1 aromatic carbocycles. The van der Waals surface area contributed by atoms with E-state index in [4.69, 9.17) is 9.47 Å². The summed E-state index contributed by atoms with van der Waals surface area (Å²) < 4.78 is 11.3. The summed E-state index contributed by atoms with van der Waals surface area (Å²) in [6, 6.07) is 7.98. The fourth-order valence-electron chi connectivity index (χ4n) is 2.21. The van der Waals surface area contributed by atoms with E-state index in [9.17, 15) is 4.79 Å². The third-order valence-corrected chi connectivity index (χ3v) is 5.73. The predicted molar refractivity (Wildman–Crippen MR) is 91.4 cm³/mol. The summed E-state index contributed by atoms with van der Waals surface area (Å²) in [4.78, 5) is 19.3. The van der Waals surface area contributed by atoms with E-state index < -0.39 is 0 Å². The first-order valence-corrected chi connectivity index (χ1v) is 9.15. The lowest BCUT2D eigenvalue weighted by Crippen LogP contribution is -2.40. The number of carbonyl (C=O) groups excluding carboxylic acids is 1. The summed E-state index contributed by atoms with van der Waals surface area (Å²) in [5, 5.41) is 0. The molecule has 0 radical (unpaired) electrons. The number of methoxy groups -OCH3 is 1. The molecule has 1 aliphatic heterocycles. The van der Waals surface area contributed by atoms with Crippen molar-refractivity contribution in [1.29, 1.82) is 0 Å². The third-order valence-electron chi connectivity index (χ3n) is 3.51. The van der Waals surface area contributed by atoms with Crippen LogP contribution in [0.15, 0.2) is 34.8 Å². The minimum atomic E-state index is 0.0575. The Hall–Kier alpha value is -1.57. The van der Waals surface area contributed by atoms with Crippen LogP contribution in [0, 0.1) is 0 Å². The summed E-state index contributed by atoms with van der Waals surface area (Å²) in [6.45, 7) is 2.54. The minimum absolute atomic E-state index is 0.0575. The highest BCUT2D eigenvalue weighted by atomic mass is 32.2. The molecule has 3 rings (SSSR count). The maximum Gasteiger partial charge on any atom is 0.265 e. The molecular weight excluding hydrogens is 332 g/mol. The molecule has 0 spiro atoms. The van der Waals surface area contributed by atoms with Crippen LogP contribution in [-0.2, 0) is 10.5 Å². The van der Waals surface area contributed by atoms with E-state index in [0.29, 0.717) is 31.2 Å². The Balaban J connectivity index is 1.57. The van der Waals surface area contributed by atoms with Gasteiger partial charge in [-0.2, -0.15) is 0 Å². The van der Waals surface area contributed by atoms with Crippen LogP contribution < -0.4 is 4.74 Å². The number of carbonyl (C=O) groups is 1. The van der Waals surface area contributed by atoms with Crippen molar-refractivity contribution in [2.75, 3.05) is 33.4 Å². The maximum atomic E-state index is 12.4. The first-order chi connectivity index (χ1) is 11.3. The monoisotopic (exact) mass is 350 g/mol. The van der Waals surface area contributed by atoms with E-state index in [-0.39, 0.29) is 5.91 Å². The van der Waals surface area contributed by atoms with Crippen LogP contribution in [0.1, 0.15) is 15.2 Å². The van der Waals surface area contributed by atoms with Gasteiger partial charge < -0.3 is 14.4 Å². The van der Waals surface area contributed by atoms with Crippen LogP contribution in [0.4, 0.5) is 0 Å². The van der Waals surface area contributed by atoms with Crippen LogP contribution in [0.2, 0.25) is 0 Å². The van der Waals surface area contributed by atoms with Crippen molar-refractivity contribution >= 4 is 29.0 Å². The molecule has 0 unspecified atom stereocenters. The number of morpholine rings is 1. The molecule has 2 aromatic rings. The summed E-state index contributed by atoms with van der Waals surface area (Å²) >= 11 is 3.10. The average molecular weight is 350 g/mol. The van der Waals surface area contributed by atoms with Gasteiger partial charge in [0.25, 0.3) is 5.91 Å². The van der Waals surface area contributed by atoms with E-state index >= 15 is 0 Å². The standard InChI is InChI=1S/C16H18N2O3S2/c1-20-13-4-2-12(3-5-13)11-22-16-17-10-14(23-16)15(19)18-6-8-21-9-7-18/h2-5,10H,6-9,11H2,1H3. The van der Waals surface area contributed by atoms with Crippen molar-refractivity contribution in [3.8, 4) is 5.75 Å². The number of hydrogen-bond acceptors (Lipinski definition) is 6. The number of thioether (sulfide) groups is 1. The molecule has 0 atom stereocenters. The van der Waals surface area contributed by atoms with Gasteiger partial charge in [-0.15, -0.1) is 11.3 Å². The highest BCUT2D eigenvalue weighted by Crippen LogP contribution is 2.28. The normalized spacial score (nSPS) is 14.7. The van der Waals surface area contributed by atoms with Crippen LogP contribution in [0.3, 0.4) is 0 Å². The Kier molecular flexibility index (Phi) is 5.53. The molecule has 1 fully saturated rings. The van der Waals surface area contributed by atoms with Crippen molar-refractivity contribution in [3.63, 3.8) is 0 Å². The molecule has 1 saturated heterocycles. The Morgan fingerprint density at radius 2 is 2.09 bits per heavy atom. The van der Waals surface area contributed by atoms with Crippen LogP contribution >= 0.6 is 23.1 Å². The smallest absolute Gasteiger partial charge is 0.265 e. The quantitative estimate of drug-likeness (QED) is 0.776. The van der Waals surface area contributed by atoms with Gasteiger partial charge in [0, 0.05) is 18.8 Å². The molecule has 2 heterocycles. The molecule has 0 N–H and O–H groups in total. The lowest BCUT2D eigenvalue weighted by Gasteiger charge is -2.26. The van der Waals surface area contributed by atoms with Crippen LogP contribution in [-0.4, -0.2) is 49.2 Å². The van der Waals surface area contributed by atoms with Gasteiger partial charge in [-0.1, -0.05) is 23.9 Å². The van der Waals surface area contributed by atoms with Crippen molar-refractivity contribution in [1.82, 2.24) is 9.88 Å². The lowest BCUT2D eigenvalue weighted by atomic mass is 10.2. The Morgan fingerprint density at radius 3 is 2.78 bits per heavy atom. The van der Waals surface area contributed by atoms with Crippen LogP contribution in [0.25, 0.3) is 0 Å². The topological polar surface area (TPSA) is 51.7 Å². The first-order valence-electron chi connectivity index (χ1n) is 7.35. The molecule has 0 aliphatic carbocycles. The number of hydrogen-bond donors (Lipinski definition) is 0. The predicted octanol–water partition coefficient (Wildman–Crippen LogP) is 2.92. The SMILES string of the molecule is COc1ccc(CSc2ncc(C(=O)N3CCOCC3)s2)cc1. The van der Waals surface area contributed by atoms with E-state index in [1.165, 1.54) is 16.9 Å². The van der Waals surface area contributed by atoms with Crippen LogP contribution in [0.5, 0.6) is 5.75 Å². The number of nitrogens with zero attached hydrogens (tertiary/aromatic N) is 2. The number of thiazole rings is 1. The first kappa shape index (κ1) is 16.3. The Labute approximate surface area is 143 Å². The zero-order valence-corrected chi connectivity index (χ0v) is 14.5.